The second-order valence-electron chi connectivity index (χ2n) is 4.71. The molecule has 0 amide bonds. The van der Waals surface area contributed by atoms with E-state index >= 15 is 0 Å². The molecule has 0 fully saturated rings. The Morgan fingerprint density at radius 1 is 1.25 bits per heavy atom. The second-order valence-corrected chi connectivity index (χ2v) is 5.14. The van der Waals surface area contributed by atoms with Gasteiger partial charge in [-0.25, -0.2) is 4.39 Å². The first-order valence-electron chi connectivity index (χ1n) is 6.92. The maximum atomic E-state index is 14.2. The van der Waals surface area contributed by atoms with Crippen LogP contribution in [0.25, 0.3) is 0 Å². The lowest BCUT2D eigenvalue weighted by Crippen LogP contribution is -2.24. The summed E-state index contributed by atoms with van der Waals surface area (Å²) in [5, 5.41) is 3.79. The third kappa shape index (κ3) is 3.22. The molecule has 0 aliphatic heterocycles. The molecule has 4 heteroatoms. The van der Waals surface area contributed by atoms with E-state index in [0.717, 1.165) is 30.7 Å². The Kier molecular flexibility index (Phi) is 5.21. The van der Waals surface area contributed by atoms with Crippen LogP contribution in [0.15, 0.2) is 34.9 Å². The van der Waals surface area contributed by atoms with E-state index in [1.807, 2.05) is 13.0 Å². The summed E-state index contributed by atoms with van der Waals surface area (Å²) < 4.78 is 19.7. The molecule has 1 aromatic carbocycles. The standard InChI is InChI=1S/C16H19ClFNO/c1-3-8-19-16(13-7-9-20-15(13)4-2)12-6-5-11(17)10-14(12)18/h5-7,9-10,16,19H,3-4,8H2,1-2H3. The van der Waals surface area contributed by atoms with Gasteiger partial charge in [0.15, 0.2) is 0 Å². The number of halogens is 2. The Balaban J connectivity index is 2.41. The van der Waals surface area contributed by atoms with Gasteiger partial charge in [-0.15, -0.1) is 0 Å². The van der Waals surface area contributed by atoms with Crippen molar-refractivity contribution in [2.24, 2.45) is 0 Å². The normalized spacial score (nSPS) is 12.6. The van der Waals surface area contributed by atoms with E-state index in [9.17, 15) is 4.39 Å². The minimum absolute atomic E-state index is 0.207. The van der Waals surface area contributed by atoms with Gasteiger partial charge in [-0.3, -0.25) is 0 Å². The molecule has 0 spiro atoms. The number of hydrogen-bond acceptors (Lipinski definition) is 2. The summed E-state index contributed by atoms with van der Waals surface area (Å²) in [5.74, 6) is 0.585. The average Bonchev–Trinajstić information content (AvgIpc) is 2.89. The van der Waals surface area contributed by atoms with Crippen molar-refractivity contribution in [3.8, 4) is 0 Å². The zero-order valence-electron chi connectivity index (χ0n) is 11.7. The van der Waals surface area contributed by atoms with Crippen LogP contribution in [0.2, 0.25) is 5.02 Å². The first-order valence-corrected chi connectivity index (χ1v) is 7.29. The van der Waals surface area contributed by atoms with E-state index in [1.54, 1.807) is 18.4 Å². The molecular weight excluding hydrogens is 277 g/mol. The summed E-state index contributed by atoms with van der Waals surface area (Å²) in [6, 6.07) is 6.49. The van der Waals surface area contributed by atoms with Gasteiger partial charge in [0.2, 0.25) is 0 Å². The van der Waals surface area contributed by atoms with Crippen molar-refractivity contribution >= 4 is 11.6 Å². The topological polar surface area (TPSA) is 25.2 Å². The molecule has 0 aliphatic rings. The molecule has 0 saturated carbocycles. The van der Waals surface area contributed by atoms with E-state index < -0.39 is 0 Å². The summed E-state index contributed by atoms with van der Waals surface area (Å²) in [6.07, 6.45) is 3.41. The summed E-state index contributed by atoms with van der Waals surface area (Å²) in [4.78, 5) is 0. The van der Waals surface area contributed by atoms with Gasteiger partial charge in [-0.1, -0.05) is 31.5 Å². The number of aryl methyl sites for hydroxylation is 1. The molecule has 1 heterocycles. The molecule has 0 bridgehead atoms. The van der Waals surface area contributed by atoms with E-state index in [0.29, 0.717) is 10.6 Å². The van der Waals surface area contributed by atoms with Crippen molar-refractivity contribution in [3.63, 3.8) is 0 Å². The van der Waals surface area contributed by atoms with Gasteiger partial charge in [0, 0.05) is 22.6 Å². The number of nitrogens with one attached hydrogen (secondary N) is 1. The predicted octanol–water partition coefficient (Wildman–Crippen LogP) is 4.72. The monoisotopic (exact) mass is 295 g/mol. The molecule has 0 radical (unpaired) electrons. The minimum atomic E-state index is -0.297. The summed E-state index contributed by atoms with van der Waals surface area (Å²) in [7, 11) is 0. The molecule has 2 nitrogen and oxygen atoms in total. The summed E-state index contributed by atoms with van der Waals surface area (Å²) in [6.45, 7) is 4.91. The van der Waals surface area contributed by atoms with Crippen LogP contribution in [0.5, 0.6) is 0 Å². The first kappa shape index (κ1) is 15.1. The van der Waals surface area contributed by atoms with Gasteiger partial charge >= 0.3 is 0 Å². The van der Waals surface area contributed by atoms with E-state index in [2.05, 4.69) is 12.2 Å². The van der Waals surface area contributed by atoms with Crippen molar-refractivity contribution < 1.29 is 8.81 Å². The lowest BCUT2D eigenvalue weighted by atomic mass is 9.97. The molecule has 20 heavy (non-hydrogen) atoms. The molecule has 1 N–H and O–H groups in total. The molecule has 2 aromatic rings. The van der Waals surface area contributed by atoms with Crippen LogP contribution in [-0.2, 0) is 6.42 Å². The van der Waals surface area contributed by atoms with Crippen LogP contribution in [0.1, 0.15) is 43.2 Å². The van der Waals surface area contributed by atoms with Gasteiger partial charge in [-0.05, 0) is 31.2 Å². The quantitative estimate of drug-likeness (QED) is 0.834. The van der Waals surface area contributed by atoms with Crippen molar-refractivity contribution in [1.82, 2.24) is 5.32 Å². The van der Waals surface area contributed by atoms with Crippen molar-refractivity contribution in [3.05, 3.63) is 58.3 Å². The zero-order valence-corrected chi connectivity index (χ0v) is 12.5. The van der Waals surface area contributed by atoms with E-state index in [1.165, 1.54) is 6.07 Å². The average molecular weight is 296 g/mol. The lowest BCUT2D eigenvalue weighted by Gasteiger charge is -2.20. The van der Waals surface area contributed by atoms with E-state index in [4.69, 9.17) is 16.0 Å². The Labute approximate surface area is 123 Å². The van der Waals surface area contributed by atoms with Gasteiger partial charge in [0.25, 0.3) is 0 Å². The van der Waals surface area contributed by atoms with Crippen LogP contribution in [0, 0.1) is 5.82 Å². The van der Waals surface area contributed by atoms with Gasteiger partial charge in [0.1, 0.15) is 11.6 Å². The third-order valence-electron chi connectivity index (χ3n) is 3.28. The highest BCUT2D eigenvalue weighted by molar-refractivity contribution is 6.30. The van der Waals surface area contributed by atoms with Crippen molar-refractivity contribution in [2.75, 3.05) is 6.54 Å². The molecule has 0 saturated heterocycles. The highest BCUT2D eigenvalue weighted by Gasteiger charge is 2.21. The fourth-order valence-corrected chi connectivity index (χ4v) is 2.47. The molecule has 108 valence electrons. The number of benzene rings is 1. The number of rotatable bonds is 6. The maximum absolute atomic E-state index is 14.2. The van der Waals surface area contributed by atoms with Crippen molar-refractivity contribution in [2.45, 2.75) is 32.7 Å². The zero-order chi connectivity index (χ0) is 14.5. The van der Waals surface area contributed by atoms with Gasteiger partial charge < -0.3 is 9.73 Å². The lowest BCUT2D eigenvalue weighted by molar-refractivity contribution is 0.494. The van der Waals surface area contributed by atoms with Gasteiger partial charge in [0.05, 0.1) is 12.3 Å². The van der Waals surface area contributed by atoms with E-state index in [-0.39, 0.29) is 11.9 Å². The summed E-state index contributed by atoms with van der Waals surface area (Å²) in [5.41, 5.74) is 1.58. The highest BCUT2D eigenvalue weighted by Crippen LogP contribution is 2.29. The van der Waals surface area contributed by atoms with Crippen molar-refractivity contribution in [1.29, 1.82) is 0 Å². The molecule has 2 rings (SSSR count). The molecular formula is C16H19ClFNO. The van der Waals surface area contributed by atoms with Crippen LogP contribution in [-0.4, -0.2) is 6.54 Å². The largest absolute Gasteiger partial charge is 0.469 e. The SMILES string of the molecule is CCCNC(c1ccc(Cl)cc1F)c1ccoc1CC. The molecule has 1 atom stereocenters. The maximum Gasteiger partial charge on any atom is 0.129 e. The Hall–Kier alpha value is -1.32. The summed E-state index contributed by atoms with van der Waals surface area (Å²) >= 11 is 5.83. The minimum Gasteiger partial charge on any atom is -0.469 e. The molecule has 1 aromatic heterocycles. The Morgan fingerprint density at radius 3 is 2.70 bits per heavy atom. The smallest absolute Gasteiger partial charge is 0.129 e. The molecule has 1 unspecified atom stereocenters. The number of hydrogen-bond donors (Lipinski definition) is 1. The fraction of sp³-hybridized carbons (Fsp3) is 0.375. The Morgan fingerprint density at radius 2 is 2.05 bits per heavy atom. The fourth-order valence-electron chi connectivity index (χ4n) is 2.31. The first-order chi connectivity index (χ1) is 9.67. The number of furan rings is 1. The third-order valence-corrected chi connectivity index (χ3v) is 3.52. The highest BCUT2D eigenvalue weighted by atomic mass is 35.5. The molecule has 0 aliphatic carbocycles. The van der Waals surface area contributed by atoms with Crippen LogP contribution in [0.3, 0.4) is 0 Å². The Bertz CT molecular complexity index is 567. The second kappa shape index (κ2) is 6.91. The van der Waals surface area contributed by atoms with Crippen LogP contribution < -0.4 is 5.32 Å². The van der Waals surface area contributed by atoms with Gasteiger partial charge in [-0.2, -0.15) is 0 Å². The predicted molar refractivity (Wildman–Crippen MR) is 79.6 cm³/mol. The van der Waals surface area contributed by atoms with Crippen LogP contribution in [0.4, 0.5) is 4.39 Å². The van der Waals surface area contributed by atoms with Crippen LogP contribution >= 0.6 is 11.6 Å².